The molecule has 1 aromatic heterocycles. The fraction of sp³-hybridized carbons (Fsp3) is 0.421. The Morgan fingerprint density at radius 1 is 1.35 bits per heavy atom. The number of likely N-dealkylation sites (tertiary alicyclic amines) is 1. The molecule has 3 rings (SSSR count). The SMILES string of the molecule is Cn1cc(/C=C/C(=O)N2CCCC2C(C)(C)O)c2ccccc21. The van der Waals surface area contributed by atoms with Crippen molar-refractivity contribution in [2.75, 3.05) is 6.54 Å². The summed E-state index contributed by atoms with van der Waals surface area (Å²) in [6.07, 6.45) is 7.35. The maximum absolute atomic E-state index is 12.5. The topological polar surface area (TPSA) is 45.5 Å². The van der Waals surface area contributed by atoms with E-state index in [1.54, 1.807) is 24.8 Å². The Labute approximate surface area is 137 Å². The number of hydrogen-bond acceptors (Lipinski definition) is 2. The summed E-state index contributed by atoms with van der Waals surface area (Å²) in [5.41, 5.74) is 1.32. The molecule has 0 bridgehead atoms. The number of carbonyl (C=O) groups is 1. The molecule has 1 N–H and O–H groups in total. The first-order chi connectivity index (χ1) is 10.9. The highest BCUT2D eigenvalue weighted by molar-refractivity contribution is 5.96. The fourth-order valence-electron chi connectivity index (χ4n) is 3.53. The molecular formula is C19H24N2O2. The monoisotopic (exact) mass is 312 g/mol. The number of benzene rings is 1. The predicted octanol–water partition coefficient (Wildman–Crippen LogP) is 2.95. The summed E-state index contributed by atoms with van der Waals surface area (Å²) in [6, 6.07) is 8.05. The molecule has 0 saturated carbocycles. The maximum Gasteiger partial charge on any atom is 0.246 e. The molecule has 1 aliphatic heterocycles. The van der Waals surface area contributed by atoms with Gasteiger partial charge in [-0.25, -0.2) is 0 Å². The maximum atomic E-state index is 12.5. The van der Waals surface area contributed by atoms with Crippen LogP contribution in [-0.4, -0.2) is 38.7 Å². The lowest BCUT2D eigenvalue weighted by Gasteiger charge is -2.33. The Hall–Kier alpha value is -2.07. The van der Waals surface area contributed by atoms with Crippen molar-refractivity contribution >= 4 is 22.9 Å². The van der Waals surface area contributed by atoms with E-state index in [0.29, 0.717) is 6.54 Å². The highest BCUT2D eigenvalue weighted by Gasteiger charge is 2.37. The number of hydrogen-bond donors (Lipinski definition) is 1. The van der Waals surface area contributed by atoms with Crippen molar-refractivity contribution in [3.05, 3.63) is 42.1 Å². The van der Waals surface area contributed by atoms with E-state index in [0.717, 1.165) is 29.3 Å². The summed E-state index contributed by atoms with van der Waals surface area (Å²) in [5.74, 6) is -0.0254. The van der Waals surface area contributed by atoms with Gasteiger partial charge >= 0.3 is 0 Å². The Balaban J connectivity index is 1.83. The van der Waals surface area contributed by atoms with Crippen LogP contribution in [0.3, 0.4) is 0 Å². The van der Waals surface area contributed by atoms with Crippen molar-refractivity contribution in [3.63, 3.8) is 0 Å². The highest BCUT2D eigenvalue weighted by Crippen LogP contribution is 2.27. The normalized spacial score (nSPS) is 19.1. The van der Waals surface area contributed by atoms with Gasteiger partial charge in [-0.2, -0.15) is 0 Å². The molecule has 0 aliphatic carbocycles. The van der Waals surface area contributed by atoms with Crippen molar-refractivity contribution in [2.24, 2.45) is 7.05 Å². The van der Waals surface area contributed by atoms with Gasteiger partial charge in [-0.15, -0.1) is 0 Å². The van der Waals surface area contributed by atoms with Gasteiger partial charge in [0.2, 0.25) is 5.91 Å². The molecule has 0 radical (unpaired) electrons. The number of rotatable bonds is 3. The van der Waals surface area contributed by atoms with Gasteiger partial charge in [-0.05, 0) is 38.8 Å². The van der Waals surface area contributed by atoms with E-state index in [1.165, 1.54) is 0 Å². The fourth-order valence-corrected chi connectivity index (χ4v) is 3.53. The van der Waals surface area contributed by atoms with Gasteiger partial charge in [0.25, 0.3) is 0 Å². The molecule has 1 aromatic carbocycles. The van der Waals surface area contributed by atoms with Crippen LogP contribution in [0.25, 0.3) is 17.0 Å². The minimum atomic E-state index is -0.862. The first kappa shape index (κ1) is 15.8. The summed E-state index contributed by atoms with van der Waals surface area (Å²) < 4.78 is 2.06. The molecule has 0 spiro atoms. The van der Waals surface area contributed by atoms with Gasteiger partial charge in [0.1, 0.15) is 0 Å². The molecule has 2 heterocycles. The first-order valence-electron chi connectivity index (χ1n) is 8.13. The van der Waals surface area contributed by atoms with Crippen LogP contribution >= 0.6 is 0 Å². The number of fused-ring (bicyclic) bond motifs is 1. The van der Waals surface area contributed by atoms with Crippen LogP contribution in [0.5, 0.6) is 0 Å². The van der Waals surface area contributed by atoms with Crippen LogP contribution in [0, 0.1) is 0 Å². The Kier molecular flexibility index (Phi) is 4.02. The van der Waals surface area contributed by atoms with Crippen molar-refractivity contribution < 1.29 is 9.90 Å². The second-order valence-electron chi connectivity index (χ2n) is 6.89. The molecule has 1 saturated heterocycles. The minimum absolute atomic E-state index is 0.0254. The van der Waals surface area contributed by atoms with Crippen molar-refractivity contribution in [1.29, 1.82) is 0 Å². The van der Waals surface area contributed by atoms with Crippen LogP contribution < -0.4 is 0 Å². The smallest absolute Gasteiger partial charge is 0.246 e. The van der Waals surface area contributed by atoms with E-state index in [1.807, 2.05) is 31.5 Å². The van der Waals surface area contributed by atoms with Gasteiger partial charge in [0.15, 0.2) is 0 Å². The predicted molar refractivity (Wildman–Crippen MR) is 93.0 cm³/mol. The van der Waals surface area contributed by atoms with E-state index >= 15 is 0 Å². The standard InChI is InChI=1S/C19H24N2O2/c1-19(2,23)17-9-6-12-21(17)18(22)11-10-14-13-20(3)16-8-5-4-7-15(14)16/h4-5,7-8,10-11,13,17,23H,6,9,12H2,1-3H3/b11-10+. The molecule has 122 valence electrons. The zero-order valence-electron chi connectivity index (χ0n) is 14.0. The molecule has 1 aliphatic rings. The number of amides is 1. The van der Waals surface area contributed by atoms with Crippen LogP contribution in [-0.2, 0) is 11.8 Å². The summed E-state index contributed by atoms with van der Waals surface area (Å²) in [4.78, 5) is 14.3. The minimum Gasteiger partial charge on any atom is -0.388 e. The lowest BCUT2D eigenvalue weighted by Crippen LogP contribution is -2.47. The Morgan fingerprint density at radius 2 is 2.09 bits per heavy atom. The van der Waals surface area contributed by atoms with E-state index in [9.17, 15) is 9.90 Å². The number of aryl methyl sites for hydroxylation is 1. The van der Waals surface area contributed by atoms with Crippen LogP contribution in [0.1, 0.15) is 32.3 Å². The quantitative estimate of drug-likeness (QED) is 0.886. The molecule has 4 nitrogen and oxygen atoms in total. The molecule has 1 amide bonds. The van der Waals surface area contributed by atoms with Crippen LogP contribution in [0.15, 0.2) is 36.5 Å². The second kappa shape index (κ2) is 5.85. The van der Waals surface area contributed by atoms with Gasteiger partial charge in [-0.1, -0.05) is 18.2 Å². The van der Waals surface area contributed by atoms with E-state index < -0.39 is 5.60 Å². The molecule has 1 atom stereocenters. The van der Waals surface area contributed by atoms with Gasteiger partial charge in [0, 0.05) is 42.3 Å². The summed E-state index contributed by atoms with van der Waals surface area (Å²) >= 11 is 0. The van der Waals surface area contributed by atoms with Crippen LogP contribution in [0.2, 0.25) is 0 Å². The molecular weight excluding hydrogens is 288 g/mol. The van der Waals surface area contributed by atoms with Crippen molar-refractivity contribution in [3.8, 4) is 0 Å². The summed E-state index contributed by atoms with van der Waals surface area (Å²) in [6.45, 7) is 4.27. The number of para-hydroxylation sites is 1. The van der Waals surface area contributed by atoms with Crippen LogP contribution in [0.4, 0.5) is 0 Å². The summed E-state index contributed by atoms with van der Waals surface area (Å²) in [5, 5.41) is 11.4. The second-order valence-corrected chi connectivity index (χ2v) is 6.89. The molecule has 1 fully saturated rings. The Morgan fingerprint density at radius 3 is 2.83 bits per heavy atom. The van der Waals surface area contributed by atoms with Crippen molar-refractivity contribution in [1.82, 2.24) is 9.47 Å². The molecule has 2 aromatic rings. The van der Waals surface area contributed by atoms with E-state index in [-0.39, 0.29) is 11.9 Å². The summed E-state index contributed by atoms with van der Waals surface area (Å²) in [7, 11) is 2.01. The Bertz CT molecular complexity index is 752. The van der Waals surface area contributed by atoms with Gasteiger partial charge in [-0.3, -0.25) is 4.79 Å². The highest BCUT2D eigenvalue weighted by atomic mass is 16.3. The zero-order chi connectivity index (χ0) is 16.6. The molecule has 23 heavy (non-hydrogen) atoms. The lowest BCUT2D eigenvalue weighted by atomic mass is 9.96. The third kappa shape index (κ3) is 3.04. The molecule has 4 heteroatoms. The largest absolute Gasteiger partial charge is 0.388 e. The number of aliphatic hydroxyl groups is 1. The van der Waals surface area contributed by atoms with E-state index in [2.05, 4.69) is 16.7 Å². The first-order valence-corrected chi connectivity index (χ1v) is 8.13. The lowest BCUT2D eigenvalue weighted by molar-refractivity contribution is -0.131. The average molecular weight is 312 g/mol. The van der Waals surface area contributed by atoms with Gasteiger partial charge < -0.3 is 14.6 Å². The number of carbonyl (C=O) groups excluding carboxylic acids is 1. The van der Waals surface area contributed by atoms with Gasteiger partial charge in [0.05, 0.1) is 11.6 Å². The average Bonchev–Trinajstić information content (AvgIpc) is 3.10. The zero-order valence-corrected chi connectivity index (χ0v) is 14.0. The van der Waals surface area contributed by atoms with E-state index in [4.69, 9.17) is 0 Å². The molecule has 1 unspecified atom stereocenters. The van der Waals surface area contributed by atoms with Crippen molar-refractivity contribution in [2.45, 2.75) is 38.3 Å². The number of nitrogens with zero attached hydrogens (tertiary/aromatic N) is 2. The third-order valence-electron chi connectivity index (χ3n) is 4.68. The third-order valence-corrected chi connectivity index (χ3v) is 4.68. The number of aromatic nitrogens is 1.